The number of benzene rings is 1. The van der Waals surface area contributed by atoms with Gasteiger partial charge < -0.3 is 4.90 Å². The van der Waals surface area contributed by atoms with E-state index in [9.17, 15) is 17.6 Å². The van der Waals surface area contributed by atoms with E-state index in [-0.39, 0.29) is 28.1 Å². The molecule has 1 aliphatic rings. The molecule has 1 aromatic carbocycles. The van der Waals surface area contributed by atoms with Crippen LogP contribution in [0.4, 0.5) is 4.39 Å². The van der Waals surface area contributed by atoms with Crippen LogP contribution in [0, 0.1) is 5.82 Å². The summed E-state index contributed by atoms with van der Waals surface area (Å²) in [4.78, 5) is 14.5. The number of nitrogens with zero attached hydrogens (tertiary/aromatic N) is 2. The molecule has 8 heteroatoms. The first-order valence-electron chi connectivity index (χ1n) is 8.95. The molecule has 26 heavy (non-hydrogen) atoms. The SMILES string of the molecule is CCCS(=O)(=O)N(C)CCCN1C(=O)C(CC)SC1c1ccc(F)cc1. The smallest absolute Gasteiger partial charge is 0.236 e. The Morgan fingerprint density at radius 3 is 2.46 bits per heavy atom. The molecule has 1 aromatic rings. The van der Waals surface area contributed by atoms with Crippen molar-refractivity contribution in [1.29, 1.82) is 0 Å². The standard InChI is InChI=1S/C18H27FN2O3S2/c1-4-13-26(23,24)20(3)11-6-12-21-17(22)16(5-2)25-18(21)14-7-9-15(19)10-8-14/h7-10,16,18H,4-6,11-13H2,1-3H3. The van der Waals surface area contributed by atoms with Crippen LogP contribution in [0.1, 0.15) is 44.0 Å². The lowest BCUT2D eigenvalue weighted by atomic mass is 10.2. The number of hydrogen-bond donors (Lipinski definition) is 0. The van der Waals surface area contributed by atoms with Crippen LogP contribution < -0.4 is 0 Å². The minimum atomic E-state index is -3.22. The lowest BCUT2D eigenvalue weighted by molar-refractivity contribution is -0.130. The van der Waals surface area contributed by atoms with Gasteiger partial charge in [0, 0.05) is 20.1 Å². The van der Waals surface area contributed by atoms with Crippen LogP contribution in [0.2, 0.25) is 0 Å². The molecule has 1 aliphatic heterocycles. The quantitative estimate of drug-likeness (QED) is 0.636. The number of hydrogen-bond acceptors (Lipinski definition) is 4. The van der Waals surface area contributed by atoms with Crippen molar-refractivity contribution >= 4 is 27.7 Å². The largest absolute Gasteiger partial charge is 0.326 e. The Balaban J connectivity index is 2.04. The maximum absolute atomic E-state index is 13.2. The van der Waals surface area contributed by atoms with E-state index >= 15 is 0 Å². The molecule has 1 fully saturated rings. The Bertz CT molecular complexity index is 710. The molecular formula is C18H27FN2O3S2. The summed E-state index contributed by atoms with van der Waals surface area (Å²) >= 11 is 1.58. The molecule has 5 nitrogen and oxygen atoms in total. The molecule has 0 radical (unpaired) electrons. The van der Waals surface area contributed by atoms with Crippen molar-refractivity contribution in [3.8, 4) is 0 Å². The molecular weight excluding hydrogens is 375 g/mol. The van der Waals surface area contributed by atoms with Gasteiger partial charge in [-0.25, -0.2) is 17.1 Å². The monoisotopic (exact) mass is 402 g/mol. The lowest BCUT2D eigenvalue weighted by Gasteiger charge is -2.25. The van der Waals surface area contributed by atoms with Gasteiger partial charge in [-0.15, -0.1) is 11.8 Å². The summed E-state index contributed by atoms with van der Waals surface area (Å²) in [5.74, 6) is -0.0895. The summed E-state index contributed by atoms with van der Waals surface area (Å²) in [6, 6.07) is 6.23. The van der Waals surface area contributed by atoms with Crippen LogP contribution in [-0.2, 0) is 14.8 Å². The highest BCUT2D eigenvalue weighted by molar-refractivity contribution is 8.01. The summed E-state index contributed by atoms with van der Waals surface area (Å²) < 4.78 is 38.7. The third-order valence-corrected chi connectivity index (χ3v) is 8.17. The van der Waals surface area contributed by atoms with E-state index in [4.69, 9.17) is 0 Å². The van der Waals surface area contributed by atoms with Gasteiger partial charge in [-0.05, 0) is 37.0 Å². The van der Waals surface area contributed by atoms with Crippen molar-refractivity contribution in [3.63, 3.8) is 0 Å². The topological polar surface area (TPSA) is 57.7 Å². The van der Waals surface area contributed by atoms with E-state index < -0.39 is 10.0 Å². The fourth-order valence-corrected chi connectivity index (χ4v) is 5.65. The second kappa shape index (κ2) is 9.19. The van der Waals surface area contributed by atoms with Gasteiger partial charge in [0.2, 0.25) is 15.9 Å². The maximum atomic E-state index is 13.2. The van der Waals surface area contributed by atoms with Crippen molar-refractivity contribution in [2.45, 2.75) is 43.7 Å². The predicted octanol–water partition coefficient (Wildman–Crippen LogP) is 3.24. The number of rotatable bonds is 9. The van der Waals surface area contributed by atoms with Crippen molar-refractivity contribution in [2.75, 3.05) is 25.9 Å². The van der Waals surface area contributed by atoms with Crippen LogP contribution in [0.15, 0.2) is 24.3 Å². The Kier molecular flexibility index (Phi) is 7.49. The molecule has 2 atom stereocenters. The normalized spacial score (nSPS) is 21.0. The first-order valence-corrected chi connectivity index (χ1v) is 11.5. The van der Waals surface area contributed by atoms with Gasteiger partial charge in [-0.3, -0.25) is 4.79 Å². The number of halogens is 1. The Labute approximate surface area is 160 Å². The zero-order chi connectivity index (χ0) is 19.3. The van der Waals surface area contributed by atoms with Gasteiger partial charge in [0.15, 0.2) is 0 Å². The molecule has 0 spiro atoms. The van der Waals surface area contributed by atoms with Crippen molar-refractivity contribution in [3.05, 3.63) is 35.6 Å². The third kappa shape index (κ3) is 4.98. The third-order valence-electron chi connectivity index (χ3n) is 4.47. The van der Waals surface area contributed by atoms with Gasteiger partial charge in [-0.1, -0.05) is 26.0 Å². The second-order valence-electron chi connectivity index (χ2n) is 6.46. The fraction of sp³-hybridized carbons (Fsp3) is 0.611. The van der Waals surface area contributed by atoms with Crippen LogP contribution in [0.5, 0.6) is 0 Å². The average molecular weight is 403 g/mol. The molecule has 0 bridgehead atoms. The first kappa shape index (κ1) is 21.2. The van der Waals surface area contributed by atoms with E-state index in [0.29, 0.717) is 25.9 Å². The van der Waals surface area contributed by atoms with Crippen molar-refractivity contribution in [2.24, 2.45) is 0 Å². The van der Waals surface area contributed by atoms with E-state index in [1.54, 1.807) is 35.8 Å². The number of carbonyl (C=O) groups excluding carboxylic acids is 1. The summed E-state index contributed by atoms with van der Waals surface area (Å²) in [6.45, 7) is 4.68. The highest BCUT2D eigenvalue weighted by atomic mass is 32.2. The van der Waals surface area contributed by atoms with Crippen molar-refractivity contribution < 1.29 is 17.6 Å². The molecule has 146 valence electrons. The maximum Gasteiger partial charge on any atom is 0.236 e. The Morgan fingerprint density at radius 1 is 1.23 bits per heavy atom. The summed E-state index contributed by atoms with van der Waals surface area (Å²) in [5, 5.41) is -0.253. The van der Waals surface area contributed by atoms with Gasteiger partial charge in [0.25, 0.3) is 0 Å². The summed E-state index contributed by atoms with van der Waals surface area (Å²) in [5.41, 5.74) is 0.896. The summed E-state index contributed by atoms with van der Waals surface area (Å²) in [7, 11) is -1.64. The Hall–Kier alpha value is -1.12. The number of thioether (sulfide) groups is 1. The van der Waals surface area contributed by atoms with Gasteiger partial charge >= 0.3 is 0 Å². The highest BCUT2D eigenvalue weighted by Crippen LogP contribution is 2.44. The lowest BCUT2D eigenvalue weighted by Crippen LogP contribution is -2.35. The molecule has 1 saturated heterocycles. The molecule has 2 unspecified atom stereocenters. The predicted molar refractivity (Wildman–Crippen MR) is 104 cm³/mol. The molecule has 1 amide bonds. The summed E-state index contributed by atoms with van der Waals surface area (Å²) in [6.07, 6.45) is 1.89. The average Bonchev–Trinajstić information content (AvgIpc) is 2.91. The molecule has 0 aliphatic carbocycles. The molecule has 0 aromatic heterocycles. The first-order chi connectivity index (χ1) is 12.3. The van der Waals surface area contributed by atoms with Gasteiger partial charge in [-0.2, -0.15) is 0 Å². The number of amides is 1. The zero-order valence-corrected chi connectivity index (χ0v) is 17.2. The molecule has 2 rings (SSSR count). The minimum absolute atomic E-state index is 0.0749. The Morgan fingerprint density at radius 2 is 1.88 bits per heavy atom. The molecule has 0 N–H and O–H groups in total. The zero-order valence-electron chi connectivity index (χ0n) is 15.5. The number of sulfonamides is 1. The van der Waals surface area contributed by atoms with Gasteiger partial charge in [0.1, 0.15) is 11.2 Å². The highest BCUT2D eigenvalue weighted by Gasteiger charge is 2.39. The molecule has 1 heterocycles. The van der Waals surface area contributed by atoms with E-state index in [2.05, 4.69) is 0 Å². The minimum Gasteiger partial charge on any atom is -0.326 e. The van der Waals surface area contributed by atoms with Crippen LogP contribution in [0.25, 0.3) is 0 Å². The molecule has 0 saturated carbocycles. The van der Waals surface area contributed by atoms with Crippen LogP contribution in [-0.4, -0.2) is 54.7 Å². The van der Waals surface area contributed by atoms with Crippen LogP contribution in [0.3, 0.4) is 0 Å². The van der Waals surface area contributed by atoms with E-state index in [1.807, 2.05) is 13.8 Å². The number of carbonyl (C=O) groups is 1. The van der Waals surface area contributed by atoms with Crippen LogP contribution >= 0.6 is 11.8 Å². The second-order valence-corrected chi connectivity index (χ2v) is 9.94. The van der Waals surface area contributed by atoms with E-state index in [0.717, 1.165) is 12.0 Å². The fourth-order valence-electron chi connectivity index (χ4n) is 2.99. The van der Waals surface area contributed by atoms with Gasteiger partial charge in [0.05, 0.1) is 11.0 Å². The van der Waals surface area contributed by atoms with Crippen molar-refractivity contribution in [1.82, 2.24) is 9.21 Å². The van der Waals surface area contributed by atoms with E-state index in [1.165, 1.54) is 16.4 Å².